The first-order chi connectivity index (χ1) is 12.9. The highest BCUT2D eigenvalue weighted by atomic mass is 16.5. The summed E-state index contributed by atoms with van der Waals surface area (Å²) in [6.45, 7) is 2.34. The van der Waals surface area contributed by atoms with Gasteiger partial charge in [-0.1, -0.05) is 6.07 Å². The molecule has 0 unspecified atom stereocenters. The van der Waals surface area contributed by atoms with E-state index in [1.807, 2.05) is 42.7 Å². The summed E-state index contributed by atoms with van der Waals surface area (Å²) in [4.78, 5) is 19.6. The molecule has 1 saturated heterocycles. The number of rotatable bonds is 5. The number of hydrogen-bond acceptors (Lipinski definition) is 6. The van der Waals surface area contributed by atoms with Gasteiger partial charge in [0, 0.05) is 49.6 Å². The standard InChI is InChI=1S/C20H21N5O/c1-3-16(13-22-8-1)15-26-18-4-2-12-25(14-18)20-23-11-7-19(24-20)17-5-9-21-10-6-17/h1,3,5-11,13,18H,2,4,12,14-15H2/t18-/m0/s1. The van der Waals surface area contributed by atoms with Crippen LogP contribution in [0.4, 0.5) is 5.95 Å². The summed E-state index contributed by atoms with van der Waals surface area (Å²) in [7, 11) is 0. The molecule has 0 saturated carbocycles. The van der Waals surface area contributed by atoms with Crippen molar-refractivity contribution in [1.29, 1.82) is 0 Å². The van der Waals surface area contributed by atoms with Crippen molar-refractivity contribution in [1.82, 2.24) is 19.9 Å². The number of piperidine rings is 1. The Hall–Kier alpha value is -2.86. The van der Waals surface area contributed by atoms with Gasteiger partial charge in [-0.05, 0) is 42.7 Å². The van der Waals surface area contributed by atoms with Crippen molar-refractivity contribution in [2.24, 2.45) is 0 Å². The fourth-order valence-electron chi connectivity index (χ4n) is 3.14. The Morgan fingerprint density at radius 3 is 2.81 bits per heavy atom. The molecule has 1 aliphatic heterocycles. The minimum Gasteiger partial charge on any atom is -0.372 e. The molecule has 6 nitrogen and oxygen atoms in total. The molecular formula is C20H21N5O. The van der Waals surface area contributed by atoms with E-state index in [0.29, 0.717) is 6.61 Å². The summed E-state index contributed by atoms with van der Waals surface area (Å²) in [6.07, 6.45) is 11.3. The summed E-state index contributed by atoms with van der Waals surface area (Å²) in [5.74, 6) is 0.758. The first kappa shape index (κ1) is 16.6. The van der Waals surface area contributed by atoms with Gasteiger partial charge in [-0.2, -0.15) is 0 Å². The Morgan fingerprint density at radius 1 is 1.04 bits per heavy atom. The van der Waals surface area contributed by atoms with Gasteiger partial charge in [0.2, 0.25) is 5.95 Å². The third-order valence-electron chi connectivity index (χ3n) is 4.49. The minimum atomic E-state index is 0.178. The maximum atomic E-state index is 6.09. The number of ether oxygens (including phenoxy) is 1. The molecule has 6 heteroatoms. The molecule has 0 N–H and O–H groups in total. The second-order valence-corrected chi connectivity index (χ2v) is 6.36. The minimum absolute atomic E-state index is 0.178. The highest BCUT2D eigenvalue weighted by Gasteiger charge is 2.22. The molecule has 3 aromatic rings. The van der Waals surface area contributed by atoms with Crippen molar-refractivity contribution in [3.8, 4) is 11.3 Å². The summed E-state index contributed by atoms with van der Waals surface area (Å²) in [6, 6.07) is 9.82. The van der Waals surface area contributed by atoms with Gasteiger partial charge in [-0.3, -0.25) is 9.97 Å². The number of anilines is 1. The molecule has 1 atom stereocenters. The second kappa shape index (κ2) is 8.01. The lowest BCUT2D eigenvalue weighted by Gasteiger charge is -2.32. The number of aromatic nitrogens is 4. The van der Waals surface area contributed by atoms with Crippen LogP contribution in [0, 0.1) is 0 Å². The maximum Gasteiger partial charge on any atom is 0.225 e. The second-order valence-electron chi connectivity index (χ2n) is 6.36. The normalized spacial score (nSPS) is 17.2. The first-order valence-electron chi connectivity index (χ1n) is 8.87. The summed E-state index contributed by atoms with van der Waals surface area (Å²) in [5.41, 5.74) is 3.06. The van der Waals surface area contributed by atoms with Crippen molar-refractivity contribution in [3.63, 3.8) is 0 Å². The zero-order valence-corrected chi connectivity index (χ0v) is 14.5. The number of nitrogens with zero attached hydrogens (tertiary/aromatic N) is 5. The van der Waals surface area contributed by atoms with Crippen molar-refractivity contribution < 1.29 is 4.74 Å². The number of hydrogen-bond donors (Lipinski definition) is 0. The molecule has 132 valence electrons. The average Bonchev–Trinajstić information content (AvgIpc) is 2.74. The van der Waals surface area contributed by atoms with E-state index < -0.39 is 0 Å². The van der Waals surface area contributed by atoms with Crippen molar-refractivity contribution >= 4 is 5.95 Å². The third-order valence-corrected chi connectivity index (χ3v) is 4.49. The van der Waals surface area contributed by atoms with Crippen LogP contribution in [-0.4, -0.2) is 39.1 Å². The Kier molecular flexibility index (Phi) is 5.12. The average molecular weight is 347 g/mol. The van der Waals surface area contributed by atoms with Gasteiger partial charge in [0.25, 0.3) is 0 Å². The monoisotopic (exact) mass is 347 g/mol. The lowest BCUT2D eigenvalue weighted by atomic mass is 10.1. The van der Waals surface area contributed by atoms with Crippen LogP contribution in [-0.2, 0) is 11.3 Å². The first-order valence-corrected chi connectivity index (χ1v) is 8.87. The topological polar surface area (TPSA) is 64.0 Å². The van der Waals surface area contributed by atoms with Crippen LogP contribution in [0.5, 0.6) is 0 Å². The molecule has 0 aliphatic carbocycles. The molecule has 4 heterocycles. The smallest absolute Gasteiger partial charge is 0.225 e. The molecule has 1 aliphatic rings. The quantitative estimate of drug-likeness (QED) is 0.707. The molecule has 0 aromatic carbocycles. The van der Waals surface area contributed by atoms with E-state index in [0.717, 1.165) is 48.7 Å². The Balaban J connectivity index is 1.43. The molecule has 0 amide bonds. The largest absolute Gasteiger partial charge is 0.372 e. The van der Waals surface area contributed by atoms with Gasteiger partial charge >= 0.3 is 0 Å². The van der Waals surface area contributed by atoms with Crippen LogP contribution in [0.1, 0.15) is 18.4 Å². The summed E-state index contributed by atoms with van der Waals surface area (Å²) in [5, 5.41) is 0. The van der Waals surface area contributed by atoms with Crippen molar-refractivity contribution in [2.75, 3.05) is 18.0 Å². The van der Waals surface area contributed by atoms with Gasteiger partial charge in [0.15, 0.2) is 0 Å². The highest BCUT2D eigenvalue weighted by molar-refractivity contribution is 5.59. The molecule has 4 rings (SSSR count). The summed E-state index contributed by atoms with van der Waals surface area (Å²) < 4.78 is 6.09. The van der Waals surface area contributed by atoms with Gasteiger partial charge in [0.1, 0.15) is 0 Å². The maximum absolute atomic E-state index is 6.09. The third kappa shape index (κ3) is 4.03. The van der Waals surface area contributed by atoms with Crippen LogP contribution in [0.15, 0.2) is 61.3 Å². The molecule has 0 radical (unpaired) electrons. The zero-order chi connectivity index (χ0) is 17.6. The summed E-state index contributed by atoms with van der Waals surface area (Å²) >= 11 is 0. The lowest BCUT2D eigenvalue weighted by Crippen LogP contribution is -2.40. The SMILES string of the molecule is c1cncc(CO[C@H]2CCCN(c3nccc(-c4ccncc4)n3)C2)c1. The van der Waals surface area contributed by atoms with E-state index in [9.17, 15) is 0 Å². The van der Waals surface area contributed by atoms with Gasteiger partial charge < -0.3 is 9.64 Å². The van der Waals surface area contributed by atoms with Gasteiger partial charge in [-0.15, -0.1) is 0 Å². The van der Waals surface area contributed by atoms with Crippen molar-refractivity contribution in [2.45, 2.75) is 25.6 Å². The number of pyridine rings is 2. The Bertz CT molecular complexity index is 828. The Morgan fingerprint density at radius 2 is 1.96 bits per heavy atom. The lowest BCUT2D eigenvalue weighted by molar-refractivity contribution is 0.0311. The van der Waals surface area contributed by atoms with Crippen LogP contribution >= 0.6 is 0 Å². The van der Waals surface area contributed by atoms with Crippen LogP contribution in [0.25, 0.3) is 11.3 Å². The van der Waals surface area contributed by atoms with Crippen molar-refractivity contribution in [3.05, 3.63) is 66.9 Å². The predicted molar refractivity (Wildman–Crippen MR) is 99.5 cm³/mol. The Labute approximate surface area is 152 Å². The highest BCUT2D eigenvalue weighted by Crippen LogP contribution is 2.22. The van der Waals surface area contributed by atoms with Gasteiger partial charge in [0.05, 0.1) is 18.4 Å². The molecule has 0 bridgehead atoms. The van der Waals surface area contributed by atoms with E-state index in [4.69, 9.17) is 9.72 Å². The van der Waals surface area contributed by atoms with E-state index >= 15 is 0 Å². The van der Waals surface area contributed by atoms with E-state index in [2.05, 4.69) is 19.9 Å². The predicted octanol–water partition coefficient (Wildman–Crippen LogP) is 3.12. The van der Waals surface area contributed by atoms with Gasteiger partial charge in [-0.25, -0.2) is 9.97 Å². The van der Waals surface area contributed by atoms with E-state index in [1.165, 1.54) is 0 Å². The van der Waals surface area contributed by atoms with E-state index in [-0.39, 0.29) is 6.10 Å². The fraction of sp³-hybridized carbons (Fsp3) is 0.300. The zero-order valence-electron chi connectivity index (χ0n) is 14.5. The van der Waals surface area contributed by atoms with E-state index in [1.54, 1.807) is 18.6 Å². The van der Waals surface area contributed by atoms with Crippen LogP contribution in [0.2, 0.25) is 0 Å². The fourth-order valence-corrected chi connectivity index (χ4v) is 3.14. The molecular weight excluding hydrogens is 326 g/mol. The molecule has 1 fully saturated rings. The molecule has 3 aromatic heterocycles. The van der Waals surface area contributed by atoms with Crippen LogP contribution < -0.4 is 4.90 Å². The molecule has 0 spiro atoms. The van der Waals surface area contributed by atoms with Crippen LogP contribution in [0.3, 0.4) is 0 Å². The molecule has 26 heavy (non-hydrogen) atoms.